The molecule has 28 heavy (non-hydrogen) atoms. The van der Waals surface area contributed by atoms with Gasteiger partial charge in [-0.15, -0.1) is 21.5 Å². The Hall–Kier alpha value is -2.12. The van der Waals surface area contributed by atoms with Gasteiger partial charge in [0, 0.05) is 6.04 Å². The third-order valence-electron chi connectivity index (χ3n) is 5.06. The van der Waals surface area contributed by atoms with Crippen molar-refractivity contribution in [3.05, 3.63) is 52.4 Å². The maximum atomic E-state index is 12.5. The number of thioether (sulfide) groups is 1. The Morgan fingerprint density at radius 1 is 1.29 bits per heavy atom. The van der Waals surface area contributed by atoms with Crippen molar-refractivity contribution in [2.45, 2.75) is 50.9 Å². The number of nitrogens with zero attached hydrogens (tertiary/aromatic N) is 3. The van der Waals surface area contributed by atoms with Crippen molar-refractivity contribution in [2.24, 2.45) is 0 Å². The Kier molecular flexibility index (Phi) is 5.55. The molecule has 1 amide bonds. The van der Waals surface area contributed by atoms with Gasteiger partial charge in [0.25, 0.3) is 0 Å². The second-order valence-corrected chi connectivity index (χ2v) is 9.20. The lowest BCUT2D eigenvalue weighted by Gasteiger charge is -2.15. The SMILES string of the molecule is Cc1ccc([C@H](C)NC(=O)CSc2nnc(-c3cccs3)n2C2CC2)cc1C. The number of rotatable bonds is 7. The summed E-state index contributed by atoms with van der Waals surface area (Å²) in [6.07, 6.45) is 2.31. The number of carbonyl (C=O) groups excluding carboxylic acids is 1. The van der Waals surface area contributed by atoms with Crippen LogP contribution in [0, 0.1) is 13.8 Å². The molecule has 1 atom stereocenters. The highest BCUT2D eigenvalue weighted by molar-refractivity contribution is 7.99. The number of aromatic nitrogens is 3. The zero-order valence-corrected chi connectivity index (χ0v) is 17.9. The van der Waals surface area contributed by atoms with Crippen molar-refractivity contribution in [1.82, 2.24) is 20.1 Å². The Morgan fingerprint density at radius 2 is 2.11 bits per heavy atom. The highest BCUT2D eigenvalue weighted by Crippen LogP contribution is 2.41. The van der Waals surface area contributed by atoms with Gasteiger partial charge in [0.15, 0.2) is 11.0 Å². The second kappa shape index (κ2) is 8.09. The van der Waals surface area contributed by atoms with Gasteiger partial charge in [0.2, 0.25) is 5.91 Å². The summed E-state index contributed by atoms with van der Waals surface area (Å²) in [6, 6.07) is 10.9. The van der Waals surface area contributed by atoms with E-state index >= 15 is 0 Å². The average molecular weight is 413 g/mol. The van der Waals surface area contributed by atoms with E-state index in [-0.39, 0.29) is 11.9 Å². The topological polar surface area (TPSA) is 59.8 Å². The van der Waals surface area contributed by atoms with Crippen LogP contribution in [0.5, 0.6) is 0 Å². The Balaban J connectivity index is 1.40. The number of thiophene rings is 1. The van der Waals surface area contributed by atoms with Crippen molar-refractivity contribution < 1.29 is 4.79 Å². The summed E-state index contributed by atoms with van der Waals surface area (Å²) in [5, 5.41) is 14.7. The van der Waals surface area contributed by atoms with Crippen LogP contribution in [0.2, 0.25) is 0 Å². The quantitative estimate of drug-likeness (QED) is 0.559. The van der Waals surface area contributed by atoms with E-state index in [1.807, 2.05) is 13.0 Å². The maximum Gasteiger partial charge on any atom is 0.230 e. The van der Waals surface area contributed by atoms with Gasteiger partial charge in [-0.2, -0.15) is 0 Å². The highest BCUT2D eigenvalue weighted by atomic mass is 32.2. The van der Waals surface area contributed by atoms with Crippen LogP contribution in [0.1, 0.15) is 48.5 Å². The van der Waals surface area contributed by atoms with Crippen LogP contribution in [0.25, 0.3) is 10.7 Å². The normalized spacial score (nSPS) is 14.8. The van der Waals surface area contributed by atoms with Gasteiger partial charge >= 0.3 is 0 Å². The van der Waals surface area contributed by atoms with E-state index in [1.165, 1.54) is 22.9 Å². The van der Waals surface area contributed by atoms with Crippen LogP contribution >= 0.6 is 23.1 Å². The summed E-state index contributed by atoms with van der Waals surface area (Å²) in [5.41, 5.74) is 3.63. The molecule has 1 aliphatic rings. The van der Waals surface area contributed by atoms with E-state index in [9.17, 15) is 4.79 Å². The van der Waals surface area contributed by atoms with Gasteiger partial charge in [0.1, 0.15) is 0 Å². The molecule has 0 spiro atoms. The first-order chi connectivity index (χ1) is 13.5. The molecule has 0 radical (unpaired) electrons. The summed E-state index contributed by atoms with van der Waals surface area (Å²) in [7, 11) is 0. The lowest BCUT2D eigenvalue weighted by molar-refractivity contribution is -0.119. The third kappa shape index (κ3) is 4.15. The summed E-state index contributed by atoms with van der Waals surface area (Å²) < 4.78 is 2.20. The molecule has 1 aliphatic carbocycles. The lowest BCUT2D eigenvalue weighted by atomic mass is 10.0. The van der Waals surface area contributed by atoms with E-state index in [4.69, 9.17) is 0 Å². The lowest BCUT2D eigenvalue weighted by Crippen LogP contribution is -2.28. The van der Waals surface area contributed by atoms with E-state index in [2.05, 4.69) is 63.6 Å². The predicted molar refractivity (Wildman–Crippen MR) is 115 cm³/mol. The van der Waals surface area contributed by atoms with Gasteiger partial charge in [-0.3, -0.25) is 9.36 Å². The molecular formula is C21H24N4OS2. The van der Waals surface area contributed by atoms with Crippen LogP contribution < -0.4 is 5.32 Å². The standard InChI is InChI=1S/C21H24N4OS2/c1-13-6-7-16(11-14(13)2)15(3)22-19(26)12-28-21-24-23-20(18-5-4-10-27-18)25(21)17-8-9-17/h4-7,10-11,15,17H,8-9,12H2,1-3H3,(H,22,26)/t15-/m0/s1. The Bertz CT molecular complexity index is 976. The Labute approximate surface area is 173 Å². The number of hydrogen-bond acceptors (Lipinski definition) is 5. The van der Waals surface area contributed by atoms with Crippen molar-refractivity contribution >= 4 is 29.0 Å². The molecule has 0 bridgehead atoms. The molecule has 1 fully saturated rings. The maximum absolute atomic E-state index is 12.5. The minimum absolute atomic E-state index is 0.0127. The fourth-order valence-corrected chi connectivity index (χ4v) is 4.66. The van der Waals surface area contributed by atoms with Crippen LogP contribution in [-0.4, -0.2) is 26.4 Å². The first-order valence-electron chi connectivity index (χ1n) is 9.51. The molecule has 1 saturated carbocycles. The monoisotopic (exact) mass is 412 g/mol. The molecule has 1 aromatic carbocycles. The first kappa shape index (κ1) is 19.2. The fourth-order valence-electron chi connectivity index (χ4n) is 3.14. The minimum atomic E-state index is -0.0182. The molecule has 0 saturated heterocycles. The molecule has 3 aromatic rings. The van der Waals surface area contributed by atoms with Gasteiger partial charge in [-0.05, 0) is 61.7 Å². The number of carbonyl (C=O) groups is 1. The van der Waals surface area contributed by atoms with Crippen LogP contribution in [0.15, 0.2) is 40.9 Å². The molecule has 2 aromatic heterocycles. The van der Waals surface area contributed by atoms with Crippen LogP contribution in [-0.2, 0) is 4.79 Å². The Morgan fingerprint density at radius 3 is 2.79 bits per heavy atom. The molecule has 5 nitrogen and oxygen atoms in total. The second-order valence-electron chi connectivity index (χ2n) is 7.31. The number of hydrogen-bond donors (Lipinski definition) is 1. The molecule has 7 heteroatoms. The van der Waals surface area contributed by atoms with E-state index in [0.717, 1.165) is 34.3 Å². The first-order valence-corrected chi connectivity index (χ1v) is 11.4. The fraction of sp³-hybridized carbons (Fsp3) is 0.381. The number of amides is 1. The minimum Gasteiger partial charge on any atom is -0.349 e. The molecule has 2 heterocycles. The van der Waals surface area contributed by atoms with Gasteiger partial charge in [0.05, 0.1) is 16.7 Å². The molecule has 146 valence electrons. The smallest absolute Gasteiger partial charge is 0.230 e. The van der Waals surface area contributed by atoms with Gasteiger partial charge < -0.3 is 5.32 Å². The zero-order chi connectivity index (χ0) is 19.7. The summed E-state index contributed by atoms with van der Waals surface area (Å²) in [6.45, 7) is 6.22. The summed E-state index contributed by atoms with van der Waals surface area (Å²) >= 11 is 3.14. The van der Waals surface area contributed by atoms with Gasteiger partial charge in [-0.25, -0.2) is 0 Å². The van der Waals surface area contributed by atoms with Crippen molar-refractivity contribution in [3.63, 3.8) is 0 Å². The molecule has 1 N–H and O–H groups in total. The zero-order valence-electron chi connectivity index (χ0n) is 16.3. The molecule has 4 rings (SSSR count). The largest absolute Gasteiger partial charge is 0.349 e. The average Bonchev–Trinajstić information content (AvgIpc) is 3.19. The van der Waals surface area contributed by atoms with E-state index in [1.54, 1.807) is 11.3 Å². The summed E-state index contributed by atoms with van der Waals surface area (Å²) in [5.74, 6) is 1.27. The van der Waals surface area contributed by atoms with Crippen molar-refractivity contribution in [3.8, 4) is 10.7 Å². The van der Waals surface area contributed by atoms with E-state index < -0.39 is 0 Å². The van der Waals surface area contributed by atoms with Gasteiger partial charge in [-0.1, -0.05) is 36.0 Å². The third-order valence-corrected chi connectivity index (χ3v) is 6.87. The van der Waals surface area contributed by atoms with Crippen LogP contribution in [0.3, 0.4) is 0 Å². The highest BCUT2D eigenvalue weighted by Gasteiger charge is 2.30. The molecule has 0 aliphatic heterocycles. The predicted octanol–water partition coefficient (Wildman–Crippen LogP) is 4.93. The number of aryl methyl sites for hydroxylation is 2. The number of benzene rings is 1. The van der Waals surface area contributed by atoms with E-state index in [0.29, 0.717) is 11.8 Å². The molecular weight excluding hydrogens is 388 g/mol. The van der Waals surface area contributed by atoms with Crippen LogP contribution in [0.4, 0.5) is 0 Å². The number of nitrogens with one attached hydrogen (secondary N) is 1. The van der Waals surface area contributed by atoms with Crippen molar-refractivity contribution in [2.75, 3.05) is 5.75 Å². The van der Waals surface area contributed by atoms with Crippen molar-refractivity contribution in [1.29, 1.82) is 0 Å². The molecule has 0 unspecified atom stereocenters. The summed E-state index contributed by atoms with van der Waals surface area (Å²) in [4.78, 5) is 13.6.